The zero-order valence-electron chi connectivity index (χ0n) is 11.2. The van der Waals surface area contributed by atoms with E-state index < -0.39 is 0 Å². The summed E-state index contributed by atoms with van der Waals surface area (Å²) >= 11 is 0. The lowest BCUT2D eigenvalue weighted by Crippen LogP contribution is -2.03. The van der Waals surface area contributed by atoms with Crippen LogP contribution in [-0.2, 0) is 6.42 Å². The Morgan fingerprint density at radius 1 is 1.21 bits per heavy atom. The number of benzene rings is 1. The largest absolute Gasteiger partial charge is 0.492 e. The molecule has 1 heterocycles. The number of fused-ring (bicyclic) bond motifs is 1. The van der Waals surface area contributed by atoms with Gasteiger partial charge in [-0.15, -0.1) is 0 Å². The maximum absolute atomic E-state index is 8.85. The van der Waals surface area contributed by atoms with Crippen molar-refractivity contribution >= 4 is 6.21 Å². The van der Waals surface area contributed by atoms with Crippen LogP contribution in [0.1, 0.15) is 24.5 Å². The van der Waals surface area contributed by atoms with E-state index in [1.54, 1.807) is 7.11 Å². The van der Waals surface area contributed by atoms with E-state index in [9.17, 15) is 0 Å². The molecule has 0 amide bonds. The van der Waals surface area contributed by atoms with Gasteiger partial charge in [-0.25, -0.2) is 0 Å². The van der Waals surface area contributed by atoms with Crippen molar-refractivity contribution in [2.24, 2.45) is 5.16 Å². The highest BCUT2D eigenvalue weighted by Crippen LogP contribution is 2.51. The van der Waals surface area contributed by atoms with Crippen LogP contribution in [0.25, 0.3) is 0 Å². The molecule has 0 fully saturated rings. The summed E-state index contributed by atoms with van der Waals surface area (Å²) in [7, 11) is 3.11. The van der Waals surface area contributed by atoms with Gasteiger partial charge in [-0.05, 0) is 6.42 Å². The van der Waals surface area contributed by atoms with Gasteiger partial charge >= 0.3 is 0 Å². The third kappa shape index (κ3) is 2.14. The van der Waals surface area contributed by atoms with Gasteiger partial charge in [-0.3, -0.25) is 0 Å². The predicted octanol–water partition coefficient (Wildman–Crippen LogP) is 2.19. The lowest BCUT2D eigenvalue weighted by atomic mass is 10.00. The van der Waals surface area contributed by atoms with Gasteiger partial charge in [-0.1, -0.05) is 18.5 Å². The second-order valence-electron chi connectivity index (χ2n) is 4.02. The minimum absolute atomic E-state index is 0.118. The van der Waals surface area contributed by atoms with Crippen molar-refractivity contribution in [1.29, 1.82) is 0 Å². The highest BCUT2D eigenvalue weighted by molar-refractivity contribution is 5.90. The van der Waals surface area contributed by atoms with Crippen molar-refractivity contribution < 1.29 is 24.2 Å². The van der Waals surface area contributed by atoms with E-state index in [2.05, 4.69) is 12.1 Å². The summed E-state index contributed by atoms with van der Waals surface area (Å²) in [6, 6.07) is 0. The van der Waals surface area contributed by atoms with Crippen molar-refractivity contribution in [3.63, 3.8) is 0 Å². The third-order valence-electron chi connectivity index (χ3n) is 2.96. The lowest BCUT2D eigenvalue weighted by Gasteiger charge is -2.17. The second kappa shape index (κ2) is 5.69. The number of oxime groups is 1. The standard InChI is InChI=1S/C13H17NO5/c1-4-5-8-9(6-14-15)11(17-3)13-12(10(8)16-2)18-7-19-13/h6,15H,4-5,7H2,1-3H3. The maximum Gasteiger partial charge on any atom is 0.231 e. The Morgan fingerprint density at radius 3 is 2.37 bits per heavy atom. The van der Waals surface area contributed by atoms with E-state index in [-0.39, 0.29) is 6.79 Å². The average molecular weight is 267 g/mol. The monoisotopic (exact) mass is 267 g/mol. The quantitative estimate of drug-likeness (QED) is 0.503. The number of methoxy groups -OCH3 is 2. The fourth-order valence-electron chi connectivity index (χ4n) is 2.25. The SMILES string of the molecule is CCCc1c(C=NO)c(OC)c2c(c1OC)OCO2. The molecule has 0 bridgehead atoms. The highest BCUT2D eigenvalue weighted by Gasteiger charge is 2.30. The van der Waals surface area contributed by atoms with E-state index in [1.807, 2.05) is 0 Å². The van der Waals surface area contributed by atoms with Crippen LogP contribution in [0.3, 0.4) is 0 Å². The van der Waals surface area contributed by atoms with Crippen LogP contribution in [0.5, 0.6) is 23.0 Å². The summed E-state index contributed by atoms with van der Waals surface area (Å²) in [6.45, 7) is 2.17. The Bertz CT molecular complexity index is 499. The van der Waals surface area contributed by atoms with E-state index in [0.29, 0.717) is 28.6 Å². The first-order chi connectivity index (χ1) is 9.28. The average Bonchev–Trinajstić information content (AvgIpc) is 2.88. The molecule has 1 N–H and O–H groups in total. The summed E-state index contributed by atoms with van der Waals surface area (Å²) in [5.74, 6) is 2.12. The molecule has 1 aliphatic rings. The highest BCUT2D eigenvalue weighted by atomic mass is 16.7. The molecule has 0 saturated carbocycles. The first-order valence-electron chi connectivity index (χ1n) is 6.02. The molecule has 6 nitrogen and oxygen atoms in total. The minimum atomic E-state index is 0.118. The number of hydrogen-bond donors (Lipinski definition) is 1. The molecule has 1 aromatic rings. The van der Waals surface area contributed by atoms with Crippen molar-refractivity contribution in [3.8, 4) is 23.0 Å². The van der Waals surface area contributed by atoms with E-state index in [4.69, 9.17) is 24.2 Å². The van der Waals surface area contributed by atoms with E-state index >= 15 is 0 Å². The van der Waals surface area contributed by atoms with Gasteiger partial charge in [0.1, 0.15) is 0 Å². The van der Waals surface area contributed by atoms with Gasteiger partial charge in [0.2, 0.25) is 18.3 Å². The molecule has 0 spiro atoms. The third-order valence-corrected chi connectivity index (χ3v) is 2.96. The zero-order chi connectivity index (χ0) is 13.8. The van der Waals surface area contributed by atoms with Gasteiger partial charge < -0.3 is 24.2 Å². The molecule has 6 heteroatoms. The maximum atomic E-state index is 8.85. The van der Waals surface area contributed by atoms with Gasteiger partial charge in [-0.2, -0.15) is 0 Å². The molecule has 0 unspecified atom stereocenters. The summed E-state index contributed by atoms with van der Waals surface area (Å²) in [4.78, 5) is 0. The van der Waals surface area contributed by atoms with Crippen LogP contribution >= 0.6 is 0 Å². The molecule has 0 aromatic heterocycles. The Hall–Kier alpha value is -2.11. The molecular formula is C13H17NO5. The van der Waals surface area contributed by atoms with Gasteiger partial charge in [0.25, 0.3) is 0 Å². The Kier molecular flexibility index (Phi) is 3.99. The lowest BCUT2D eigenvalue weighted by molar-refractivity contribution is 0.168. The van der Waals surface area contributed by atoms with Crippen LogP contribution in [0, 0.1) is 0 Å². The second-order valence-corrected chi connectivity index (χ2v) is 4.02. The smallest absolute Gasteiger partial charge is 0.231 e. The zero-order valence-corrected chi connectivity index (χ0v) is 11.2. The molecule has 0 aliphatic carbocycles. The normalized spacial score (nSPS) is 13.0. The van der Waals surface area contributed by atoms with Gasteiger partial charge in [0.05, 0.1) is 20.4 Å². The van der Waals surface area contributed by atoms with Crippen molar-refractivity contribution in [1.82, 2.24) is 0 Å². The predicted molar refractivity (Wildman–Crippen MR) is 69.0 cm³/mol. The van der Waals surface area contributed by atoms with Crippen molar-refractivity contribution in [2.45, 2.75) is 19.8 Å². The van der Waals surface area contributed by atoms with Crippen LogP contribution in [0.2, 0.25) is 0 Å². The first-order valence-corrected chi connectivity index (χ1v) is 6.02. The molecule has 19 heavy (non-hydrogen) atoms. The molecule has 0 saturated heterocycles. The summed E-state index contributed by atoms with van der Waals surface area (Å²) in [6.07, 6.45) is 2.98. The van der Waals surface area contributed by atoms with Crippen LogP contribution in [0.15, 0.2) is 5.16 Å². The number of rotatable bonds is 5. The summed E-state index contributed by atoms with van der Waals surface area (Å²) < 4.78 is 21.6. The molecule has 1 aliphatic heterocycles. The van der Waals surface area contributed by atoms with Gasteiger partial charge in [0, 0.05) is 11.1 Å². The van der Waals surface area contributed by atoms with Crippen LogP contribution in [0.4, 0.5) is 0 Å². The Balaban J connectivity index is 2.74. The van der Waals surface area contributed by atoms with E-state index in [0.717, 1.165) is 18.4 Å². The summed E-state index contributed by atoms with van der Waals surface area (Å²) in [5, 5.41) is 11.9. The number of nitrogens with zero attached hydrogens (tertiary/aromatic N) is 1. The van der Waals surface area contributed by atoms with Crippen molar-refractivity contribution in [2.75, 3.05) is 21.0 Å². The Labute approximate surface area is 111 Å². The first kappa shape index (κ1) is 13.3. The number of hydrogen-bond acceptors (Lipinski definition) is 6. The van der Waals surface area contributed by atoms with Gasteiger partial charge in [0.15, 0.2) is 11.5 Å². The molecule has 0 atom stereocenters. The molecular weight excluding hydrogens is 250 g/mol. The number of ether oxygens (including phenoxy) is 4. The fraction of sp³-hybridized carbons (Fsp3) is 0.462. The van der Waals surface area contributed by atoms with Crippen LogP contribution < -0.4 is 18.9 Å². The minimum Gasteiger partial charge on any atom is -0.492 e. The van der Waals surface area contributed by atoms with E-state index in [1.165, 1.54) is 13.3 Å². The summed E-state index contributed by atoms with van der Waals surface area (Å²) in [5.41, 5.74) is 1.52. The molecule has 104 valence electrons. The fourth-order valence-corrected chi connectivity index (χ4v) is 2.25. The molecule has 1 aromatic carbocycles. The van der Waals surface area contributed by atoms with Crippen molar-refractivity contribution in [3.05, 3.63) is 11.1 Å². The van der Waals surface area contributed by atoms with Crippen LogP contribution in [-0.4, -0.2) is 32.4 Å². The molecule has 2 rings (SSSR count). The Morgan fingerprint density at radius 2 is 1.84 bits per heavy atom. The topological polar surface area (TPSA) is 69.5 Å². The molecule has 0 radical (unpaired) electrons.